The lowest BCUT2D eigenvalue weighted by Crippen LogP contribution is -2.47. The van der Waals surface area contributed by atoms with Crippen molar-refractivity contribution in [1.82, 2.24) is 9.80 Å². The Morgan fingerprint density at radius 3 is 1.79 bits per heavy atom. The summed E-state index contributed by atoms with van der Waals surface area (Å²) < 4.78 is 37.9. The molecule has 2 heterocycles. The SMILES string of the molecule is O=C(O)C1CCN(C(=O)C2CCN(C(=O)c3ccc(C(F)(F)F)cc3)CC2)CC1. The smallest absolute Gasteiger partial charge is 0.416 e. The number of alkyl halides is 3. The molecule has 0 spiro atoms. The van der Waals surface area contributed by atoms with Gasteiger partial charge in [-0.15, -0.1) is 0 Å². The zero-order valence-electron chi connectivity index (χ0n) is 15.8. The van der Waals surface area contributed by atoms with Crippen LogP contribution in [0.1, 0.15) is 41.6 Å². The summed E-state index contributed by atoms with van der Waals surface area (Å²) in [5.74, 6) is -1.79. The van der Waals surface area contributed by atoms with E-state index in [0.29, 0.717) is 51.9 Å². The number of rotatable bonds is 3. The summed E-state index contributed by atoms with van der Waals surface area (Å²) >= 11 is 0. The summed E-state index contributed by atoms with van der Waals surface area (Å²) in [6, 6.07) is 4.14. The molecule has 6 nitrogen and oxygen atoms in total. The number of hydrogen-bond donors (Lipinski definition) is 1. The zero-order valence-corrected chi connectivity index (χ0v) is 15.8. The molecule has 1 aromatic carbocycles. The van der Waals surface area contributed by atoms with Gasteiger partial charge in [0, 0.05) is 37.7 Å². The molecule has 0 aromatic heterocycles. The van der Waals surface area contributed by atoms with Crippen molar-refractivity contribution in [2.75, 3.05) is 26.2 Å². The van der Waals surface area contributed by atoms with E-state index in [-0.39, 0.29) is 23.3 Å². The Balaban J connectivity index is 1.52. The second-order valence-electron chi connectivity index (χ2n) is 7.58. The molecule has 2 aliphatic rings. The van der Waals surface area contributed by atoms with Crippen molar-refractivity contribution in [2.24, 2.45) is 11.8 Å². The lowest BCUT2D eigenvalue weighted by molar-refractivity contribution is -0.147. The fourth-order valence-corrected chi connectivity index (χ4v) is 3.92. The van der Waals surface area contributed by atoms with E-state index in [1.165, 1.54) is 12.1 Å². The first-order chi connectivity index (χ1) is 13.7. The van der Waals surface area contributed by atoms with Gasteiger partial charge in [-0.1, -0.05) is 0 Å². The third-order valence-electron chi connectivity index (χ3n) is 5.75. The van der Waals surface area contributed by atoms with Crippen molar-refractivity contribution in [1.29, 1.82) is 0 Å². The number of carboxylic acids is 1. The van der Waals surface area contributed by atoms with Gasteiger partial charge in [0.1, 0.15) is 0 Å². The van der Waals surface area contributed by atoms with Gasteiger partial charge >= 0.3 is 12.1 Å². The van der Waals surface area contributed by atoms with Gasteiger partial charge in [-0.3, -0.25) is 14.4 Å². The van der Waals surface area contributed by atoms with Crippen LogP contribution < -0.4 is 0 Å². The van der Waals surface area contributed by atoms with E-state index in [0.717, 1.165) is 12.1 Å². The third kappa shape index (κ3) is 4.89. The summed E-state index contributed by atoms with van der Waals surface area (Å²) in [5, 5.41) is 9.05. The number of likely N-dealkylation sites (tertiary alicyclic amines) is 2. The molecular formula is C20H23F3N2O4. The highest BCUT2D eigenvalue weighted by molar-refractivity contribution is 5.94. The predicted octanol–water partition coefficient (Wildman–Crippen LogP) is 2.88. The van der Waals surface area contributed by atoms with Crippen molar-refractivity contribution in [3.63, 3.8) is 0 Å². The van der Waals surface area contributed by atoms with Gasteiger partial charge < -0.3 is 14.9 Å². The average molecular weight is 412 g/mol. The van der Waals surface area contributed by atoms with Gasteiger partial charge in [0.05, 0.1) is 11.5 Å². The summed E-state index contributed by atoms with van der Waals surface area (Å²) in [6.07, 6.45) is -2.56. The number of amides is 2. The molecule has 1 N–H and O–H groups in total. The molecule has 2 fully saturated rings. The highest BCUT2D eigenvalue weighted by Crippen LogP contribution is 2.30. The fourth-order valence-electron chi connectivity index (χ4n) is 3.92. The number of piperidine rings is 2. The van der Waals surface area contributed by atoms with Gasteiger partial charge in [0.15, 0.2) is 0 Å². The molecule has 0 aliphatic carbocycles. The molecule has 1 aromatic rings. The lowest BCUT2D eigenvalue weighted by atomic mass is 9.92. The monoisotopic (exact) mass is 412 g/mol. The molecule has 3 rings (SSSR count). The standard InChI is InChI=1S/C20H23F3N2O4/c21-20(22,23)16-3-1-13(2-4-16)17(26)24-9-5-14(6-10-24)18(27)25-11-7-15(8-12-25)19(28)29/h1-4,14-15H,5-12H2,(H,28,29). The van der Waals surface area contributed by atoms with Crippen molar-refractivity contribution in [3.8, 4) is 0 Å². The van der Waals surface area contributed by atoms with E-state index >= 15 is 0 Å². The quantitative estimate of drug-likeness (QED) is 0.828. The molecule has 158 valence electrons. The Morgan fingerprint density at radius 1 is 0.828 bits per heavy atom. The van der Waals surface area contributed by atoms with Gasteiger partial charge in [0.25, 0.3) is 5.91 Å². The summed E-state index contributed by atoms with van der Waals surface area (Å²) in [6.45, 7) is 1.59. The Kier molecular flexibility index (Phi) is 6.14. The molecule has 0 atom stereocenters. The normalized spacial score (nSPS) is 19.3. The number of carbonyl (C=O) groups excluding carboxylic acids is 2. The molecule has 2 saturated heterocycles. The van der Waals surface area contributed by atoms with Gasteiger partial charge in [-0.25, -0.2) is 0 Å². The molecule has 0 bridgehead atoms. The largest absolute Gasteiger partial charge is 0.481 e. The van der Waals surface area contributed by atoms with Crippen LogP contribution in [0.3, 0.4) is 0 Å². The maximum absolute atomic E-state index is 12.7. The third-order valence-corrected chi connectivity index (χ3v) is 5.75. The Labute approximate surface area is 166 Å². The Morgan fingerprint density at radius 2 is 1.31 bits per heavy atom. The molecule has 0 saturated carbocycles. The Bertz CT molecular complexity index is 763. The van der Waals surface area contributed by atoms with Gasteiger partial charge in [-0.05, 0) is 49.9 Å². The minimum atomic E-state index is -4.45. The van der Waals surface area contributed by atoms with E-state index in [2.05, 4.69) is 0 Å². The topological polar surface area (TPSA) is 77.9 Å². The second kappa shape index (κ2) is 8.42. The average Bonchev–Trinajstić information content (AvgIpc) is 2.72. The number of aliphatic carboxylic acids is 1. The number of hydrogen-bond acceptors (Lipinski definition) is 3. The molecule has 29 heavy (non-hydrogen) atoms. The minimum absolute atomic E-state index is 0.00420. The fraction of sp³-hybridized carbons (Fsp3) is 0.550. The summed E-state index contributed by atoms with van der Waals surface area (Å²) in [5.41, 5.74) is -0.608. The van der Waals surface area contributed by atoms with Crippen LogP contribution in [-0.4, -0.2) is 58.9 Å². The predicted molar refractivity (Wildman–Crippen MR) is 97.0 cm³/mol. The number of benzene rings is 1. The van der Waals surface area contributed by atoms with E-state index in [1.54, 1.807) is 9.80 Å². The van der Waals surface area contributed by atoms with Crippen LogP contribution in [0, 0.1) is 11.8 Å². The van der Waals surface area contributed by atoms with E-state index < -0.39 is 23.6 Å². The second-order valence-corrected chi connectivity index (χ2v) is 7.58. The van der Waals surface area contributed by atoms with Crippen molar-refractivity contribution in [3.05, 3.63) is 35.4 Å². The van der Waals surface area contributed by atoms with Crippen LogP contribution in [0.15, 0.2) is 24.3 Å². The highest BCUT2D eigenvalue weighted by atomic mass is 19.4. The molecular weight excluding hydrogens is 389 g/mol. The van der Waals surface area contributed by atoms with Crippen molar-refractivity contribution >= 4 is 17.8 Å². The lowest BCUT2D eigenvalue weighted by Gasteiger charge is -2.36. The van der Waals surface area contributed by atoms with Crippen LogP contribution >= 0.6 is 0 Å². The number of carboxylic acid groups (broad SMARTS) is 1. The van der Waals surface area contributed by atoms with Gasteiger partial charge in [0.2, 0.25) is 5.91 Å². The van der Waals surface area contributed by atoms with Crippen molar-refractivity contribution < 1.29 is 32.7 Å². The first-order valence-electron chi connectivity index (χ1n) is 9.65. The van der Waals surface area contributed by atoms with E-state index in [4.69, 9.17) is 5.11 Å². The van der Waals surface area contributed by atoms with Crippen LogP contribution in [0.4, 0.5) is 13.2 Å². The zero-order chi connectivity index (χ0) is 21.2. The Hall–Kier alpha value is -2.58. The molecule has 2 amide bonds. The van der Waals surface area contributed by atoms with E-state index in [1.807, 2.05) is 0 Å². The summed E-state index contributed by atoms with van der Waals surface area (Å²) in [4.78, 5) is 39.5. The van der Waals surface area contributed by atoms with Gasteiger partial charge in [-0.2, -0.15) is 13.2 Å². The molecule has 9 heteroatoms. The first kappa shape index (κ1) is 21.1. The minimum Gasteiger partial charge on any atom is -0.481 e. The molecule has 0 radical (unpaired) electrons. The maximum atomic E-state index is 12.7. The number of carbonyl (C=O) groups is 3. The number of halogens is 3. The molecule has 0 unspecified atom stereocenters. The van der Waals surface area contributed by atoms with Crippen LogP contribution in [0.25, 0.3) is 0 Å². The van der Waals surface area contributed by atoms with Crippen LogP contribution in [-0.2, 0) is 15.8 Å². The van der Waals surface area contributed by atoms with Crippen LogP contribution in [0.5, 0.6) is 0 Å². The van der Waals surface area contributed by atoms with E-state index in [9.17, 15) is 27.6 Å². The van der Waals surface area contributed by atoms with Crippen molar-refractivity contribution in [2.45, 2.75) is 31.9 Å². The highest BCUT2D eigenvalue weighted by Gasteiger charge is 2.34. The first-order valence-corrected chi connectivity index (χ1v) is 9.65. The number of nitrogens with zero attached hydrogens (tertiary/aromatic N) is 2. The van der Waals surface area contributed by atoms with Crippen LogP contribution in [0.2, 0.25) is 0 Å². The summed E-state index contributed by atoms with van der Waals surface area (Å²) in [7, 11) is 0. The molecule has 2 aliphatic heterocycles. The maximum Gasteiger partial charge on any atom is 0.416 e.